The van der Waals surface area contributed by atoms with Crippen LogP contribution in [0.4, 0.5) is 0 Å². The van der Waals surface area contributed by atoms with Crippen molar-refractivity contribution in [2.45, 2.75) is 25.2 Å². The van der Waals surface area contributed by atoms with Gasteiger partial charge >= 0.3 is 5.97 Å². The first kappa shape index (κ1) is 17.9. The molecule has 1 aromatic rings. The second-order valence-electron chi connectivity index (χ2n) is 5.96. The maximum absolute atomic E-state index is 12.2. The van der Waals surface area contributed by atoms with Gasteiger partial charge in [0.25, 0.3) is 0 Å². The van der Waals surface area contributed by atoms with Crippen molar-refractivity contribution in [3.05, 3.63) is 35.4 Å². The lowest BCUT2D eigenvalue weighted by molar-refractivity contribution is -0.145. The molecule has 0 aliphatic carbocycles. The summed E-state index contributed by atoms with van der Waals surface area (Å²) < 4.78 is 30.6. The summed E-state index contributed by atoms with van der Waals surface area (Å²) in [6.45, 7) is 2.49. The van der Waals surface area contributed by atoms with Gasteiger partial charge in [-0.3, -0.25) is 4.79 Å². The minimum atomic E-state index is -3.40. The molecule has 0 bridgehead atoms. The summed E-state index contributed by atoms with van der Waals surface area (Å²) in [4.78, 5) is 11.9. The molecule has 2 rings (SSSR count). The van der Waals surface area contributed by atoms with Crippen LogP contribution < -0.4 is 0 Å². The van der Waals surface area contributed by atoms with Crippen LogP contribution in [-0.2, 0) is 25.0 Å². The highest BCUT2D eigenvalue weighted by Gasteiger charge is 2.45. The van der Waals surface area contributed by atoms with Crippen LogP contribution in [0.2, 0.25) is 0 Å². The Kier molecular flexibility index (Phi) is 5.44. The molecule has 0 radical (unpaired) electrons. The van der Waals surface area contributed by atoms with E-state index in [1.165, 1.54) is 11.4 Å². The minimum Gasteiger partial charge on any atom is -0.481 e. The van der Waals surface area contributed by atoms with E-state index < -0.39 is 21.4 Å². The molecule has 6 nitrogen and oxygen atoms in total. The number of hydrogen-bond acceptors (Lipinski definition) is 4. The Labute approximate surface area is 137 Å². The lowest BCUT2D eigenvalue weighted by Gasteiger charge is -2.38. The molecule has 0 unspecified atom stereocenters. The van der Waals surface area contributed by atoms with E-state index >= 15 is 0 Å². The standard InChI is InChI=1S/C16H23NO5S/c1-13-4-3-5-14(12-13)16(15(18)19)6-8-17(9-7-16)23(20,21)11-10-22-2/h3-5,12H,6-11H2,1-2H3,(H,18,19). The van der Waals surface area contributed by atoms with Gasteiger partial charge in [-0.25, -0.2) is 12.7 Å². The third-order valence-corrected chi connectivity index (χ3v) is 6.33. The number of ether oxygens (including phenoxy) is 1. The second-order valence-corrected chi connectivity index (χ2v) is 8.05. The van der Waals surface area contributed by atoms with Crippen molar-refractivity contribution < 1.29 is 23.1 Å². The number of nitrogens with zero attached hydrogens (tertiary/aromatic N) is 1. The molecule has 1 aromatic carbocycles. The van der Waals surface area contributed by atoms with Crippen molar-refractivity contribution in [3.63, 3.8) is 0 Å². The quantitative estimate of drug-likeness (QED) is 0.845. The smallest absolute Gasteiger partial charge is 0.314 e. The first-order chi connectivity index (χ1) is 10.8. The van der Waals surface area contributed by atoms with Crippen molar-refractivity contribution in [2.75, 3.05) is 32.6 Å². The van der Waals surface area contributed by atoms with Crippen LogP contribution in [-0.4, -0.2) is 56.4 Å². The molecule has 1 aliphatic rings. The number of aliphatic carboxylic acids is 1. The second kappa shape index (κ2) is 6.98. The predicted octanol–water partition coefficient (Wildman–Crippen LogP) is 1.39. The van der Waals surface area contributed by atoms with Crippen LogP contribution >= 0.6 is 0 Å². The molecule has 0 amide bonds. The maximum Gasteiger partial charge on any atom is 0.314 e. The lowest BCUT2D eigenvalue weighted by atomic mass is 9.73. The summed E-state index contributed by atoms with van der Waals surface area (Å²) in [7, 11) is -1.94. The van der Waals surface area contributed by atoms with Gasteiger partial charge in [0, 0.05) is 20.2 Å². The molecule has 1 aliphatic heterocycles. The number of carboxylic acid groups (broad SMARTS) is 1. The van der Waals surface area contributed by atoms with Gasteiger partial charge in [0.05, 0.1) is 17.8 Å². The van der Waals surface area contributed by atoms with Crippen molar-refractivity contribution in [1.29, 1.82) is 0 Å². The van der Waals surface area contributed by atoms with Crippen LogP contribution in [0.15, 0.2) is 24.3 Å². The molecule has 0 atom stereocenters. The highest BCUT2D eigenvalue weighted by atomic mass is 32.2. The molecule has 1 fully saturated rings. The zero-order valence-corrected chi connectivity index (χ0v) is 14.3. The van der Waals surface area contributed by atoms with Crippen LogP contribution in [0.5, 0.6) is 0 Å². The van der Waals surface area contributed by atoms with Gasteiger partial charge in [-0.1, -0.05) is 29.8 Å². The number of sulfonamides is 1. The summed E-state index contributed by atoms with van der Waals surface area (Å²) in [6.07, 6.45) is 0.552. The molecule has 1 saturated heterocycles. The van der Waals surface area contributed by atoms with Crippen LogP contribution in [0.25, 0.3) is 0 Å². The Morgan fingerprint density at radius 1 is 1.35 bits per heavy atom. The summed E-state index contributed by atoms with van der Waals surface area (Å²) >= 11 is 0. The Balaban J connectivity index is 2.20. The molecular formula is C16H23NO5S. The van der Waals surface area contributed by atoms with E-state index in [2.05, 4.69) is 0 Å². The number of methoxy groups -OCH3 is 1. The molecule has 1 N–H and O–H groups in total. The molecule has 128 valence electrons. The van der Waals surface area contributed by atoms with Crippen LogP contribution in [0.1, 0.15) is 24.0 Å². The normalized spacial score (nSPS) is 18.7. The van der Waals surface area contributed by atoms with Crippen molar-refractivity contribution in [2.24, 2.45) is 0 Å². The number of aryl methyl sites for hydroxylation is 1. The fraction of sp³-hybridized carbons (Fsp3) is 0.562. The number of carbonyl (C=O) groups is 1. The Morgan fingerprint density at radius 3 is 2.52 bits per heavy atom. The number of carboxylic acids is 1. The van der Waals surface area contributed by atoms with E-state index in [-0.39, 0.29) is 38.3 Å². The van der Waals surface area contributed by atoms with Crippen LogP contribution in [0.3, 0.4) is 0 Å². The molecule has 0 spiro atoms. The average Bonchev–Trinajstić information content (AvgIpc) is 2.53. The van der Waals surface area contributed by atoms with Crippen LogP contribution in [0, 0.1) is 6.92 Å². The molecular weight excluding hydrogens is 318 g/mol. The largest absolute Gasteiger partial charge is 0.481 e. The number of benzene rings is 1. The van der Waals surface area contributed by atoms with Crippen molar-refractivity contribution >= 4 is 16.0 Å². The van der Waals surface area contributed by atoms with E-state index in [9.17, 15) is 18.3 Å². The molecule has 1 heterocycles. The first-order valence-corrected chi connectivity index (χ1v) is 9.20. The Hall–Kier alpha value is -1.44. The van der Waals surface area contributed by atoms with Crippen molar-refractivity contribution in [1.82, 2.24) is 4.31 Å². The lowest BCUT2D eigenvalue weighted by Crippen LogP contribution is -2.49. The van der Waals surface area contributed by atoms with E-state index in [1.54, 1.807) is 0 Å². The average molecular weight is 341 g/mol. The molecule has 7 heteroatoms. The topological polar surface area (TPSA) is 83.9 Å². The van der Waals surface area contributed by atoms with E-state index in [0.29, 0.717) is 0 Å². The minimum absolute atomic E-state index is 0.0754. The maximum atomic E-state index is 12.2. The number of rotatable bonds is 6. The van der Waals surface area contributed by atoms with E-state index in [1.807, 2.05) is 31.2 Å². The van der Waals surface area contributed by atoms with E-state index in [4.69, 9.17) is 4.74 Å². The first-order valence-electron chi connectivity index (χ1n) is 7.59. The molecule has 0 saturated carbocycles. The van der Waals surface area contributed by atoms with Gasteiger partial charge in [0.15, 0.2) is 0 Å². The number of piperidine rings is 1. The predicted molar refractivity (Wildman–Crippen MR) is 87.0 cm³/mol. The van der Waals surface area contributed by atoms with Gasteiger partial charge in [-0.2, -0.15) is 0 Å². The summed E-state index contributed by atoms with van der Waals surface area (Å²) in [5.74, 6) is -0.967. The summed E-state index contributed by atoms with van der Waals surface area (Å²) in [6, 6.07) is 7.46. The van der Waals surface area contributed by atoms with Gasteiger partial charge in [-0.05, 0) is 25.3 Å². The highest BCUT2D eigenvalue weighted by molar-refractivity contribution is 7.89. The van der Waals surface area contributed by atoms with E-state index in [0.717, 1.165) is 11.1 Å². The number of hydrogen-bond donors (Lipinski definition) is 1. The van der Waals surface area contributed by atoms with Crippen molar-refractivity contribution in [3.8, 4) is 0 Å². The fourth-order valence-electron chi connectivity index (χ4n) is 3.03. The monoisotopic (exact) mass is 341 g/mol. The van der Waals surface area contributed by atoms with Gasteiger partial charge in [0.2, 0.25) is 10.0 Å². The summed E-state index contributed by atoms with van der Waals surface area (Å²) in [5, 5.41) is 9.78. The SMILES string of the molecule is COCCS(=O)(=O)N1CCC(C(=O)O)(c2cccc(C)c2)CC1. The molecule has 23 heavy (non-hydrogen) atoms. The summed E-state index contributed by atoms with van der Waals surface area (Å²) in [5.41, 5.74) is 0.733. The third kappa shape index (κ3) is 3.73. The van der Waals surface area contributed by atoms with Gasteiger partial charge in [-0.15, -0.1) is 0 Å². The third-order valence-electron chi connectivity index (χ3n) is 4.49. The zero-order valence-electron chi connectivity index (χ0n) is 13.5. The molecule has 0 aromatic heterocycles. The fourth-order valence-corrected chi connectivity index (χ4v) is 4.41. The Morgan fingerprint density at radius 2 is 2.00 bits per heavy atom. The van der Waals surface area contributed by atoms with Gasteiger partial charge in [0.1, 0.15) is 0 Å². The van der Waals surface area contributed by atoms with Gasteiger partial charge < -0.3 is 9.84 Å². The zero-order chi connectivity index (χ0) is 17.1. The Bertz CT molecular complexity index is 663. The highest BCUT2D eigenvalue weighted by Crippen LogP contribution is 2.37.